The molecule has 4 rings (SSSR count). The molecule has 1 aromatic heterocycles. The number of fused-ring (bicyclic) bond motifs is 1. The maximum Gasteiger partial charge on any atom is 0.276 e. The van der Waals surface area contributed by atoms with Crippen LogP contribution in [0.5, 0.6) is 0 Å². The molecular weight excluding hydrogens is 445 g/mol. The molecule has 0 aliphatic heterocycles. The maximum absolute atomic E-state index is 13.1. The molecule has 5 nitrogen and oxygen atoms in total. The van der Waals surface area contributed by atoms with Crippen molar-refractivity contribution in [3.8, 4) is 0 Å². The van der Waals surface area contributed by atoms with E-state index in [0.717, 1.165) is 5.56 Å². The number of benzene rings is 3. The predicted molar refractivity (Wildman–Crippen MR) is 121 cm³/mol. The van der Waals surface area contributed by atoms with Crippen molar-refractivity contribution in [3.05, 3.63) is 103 Å². The number of hydrogen-bond donors (Lipinski definition) is 1. The van der Waals surface area contributed by atoms with E-state index in [2.05, 4.69) is 10.4 Å². The van der Waals surface area contributed by atoms with Gasteiger partial charge in [-0.05, 0) is 23.8 Å². The third-order valence-electron chi connectivity index (χ3n) is 4.52. The van der Waals surface area contributed by atoms with E-state index in [1.165, 1.54) is 16.8 Å². The standard InChI is InChI=1S/C22H14Cl3N3O2/c23-16-10-18(25)19(11-17(16)24)26-21(29)20-14-8-4-5-9-15(14)22(30)28(27-20)12-13-6-2-1-3-7-13/h1-11H,12H2,(H,26,29). The van der Waals surface area contributed by atoms with Gasteiger partial charge in [0.25, 0.3) is 11.5 Å². The summed E-state index contributed by atoms with van der Waals surface area (Å²) in [5.74, 6) is -0.520. The molecule has 1 amide bonds. The first-order chi connectivity index (χ1) is 14.4. The Morgan fingerprint density at radius 3 is 2.23 bits per heavy atom. The average Bonchev–Trinajstić information content (AvgIpc) is 2.74. The summed E-state index contributed by atoms with van der Waals surface area (Å²) in [6, 6.07) is 19.2. The highest BCUT2D eigenvalue weighted by atomic mass is 35.5. The molecule has 30 heavy (non-hydrogen) atoms. The number of nitrogens with zero attached hydrogens (tertiary/aromatic N) is 2. The lowest BCUT2D eigenvalue weighted by Gasteiger charge is -2.12. The number of aromatic nitrogens is 2. The molecule has 0 unspecified atom stereocenters. The van der Waals surface area contributed by atoms with Crippen molar-refractivity contribution in [1.29, 1.82) is 0 Å². The molecule has 1 heterocycles. The van der Waals surface area contributed by atoms with E-state index in [-0.39, 0.29) is 32.9 Å². The molecule has 8 heteroatoms. The Bertz CT molecular complexity index is 1320. The summed E-state index contributed by atoms with van der Waals surface area (Å²) < 4.78 is 1.28. The lowest BCUT2D eigenvalue weighted by atomic mass is 10.1. The second kappa shape index (κ2) is 8.48. The van der Waals surface area contributed by atoms with Crippen LogP contribution in [0.25, 0.3) is 10.8 Å². The molecule has 150 valence electrons. The second-order valence-electron chi connectivity index (χ2n) is 6.54. The minimum atomic E-state index is -0.520. The Morgan fingerprint density at radius 2 is 1.50 bits per heavy atom. The van der Waals surface area contributed by atoms with Crippen LogP contribution < -0.4 is 10.9 Å². The quantitative estimate of drug-likeness (QED) is 0.401. The lowest BCUT2D eigenvalue weighted by molar-refractivity contribution is 0.102. The molecule has 0 saturated carbocycles. The second-order valence-corrected chi connectivity index (χ2v) is 7.76. The van der Waals surface area contributed by atoms with Crippen molar-refractivity contribution in [1.82, 2.24) is 9.78 Å². The number of nitrogens with one attached hydrogen (secondary N) is 1. The Hall–Kier alpha value is -2.86. The fourth-order valence-corrected chi connectivity index (χ4v) is 3.66. The topological polar surface area (TPSA) is 64.0 Å². The molecule has 0 aliphatic carbocycles. The van der Waals surface area contributed by atoms with Gasteiger partial charge in [-0.25, -0.2) is 4.68 Å². The Kier molecular flexibility index (Phi) is 5.77. The summed E-state index contributed by atoms with van der Waals surface area (Å²) in [4.78, 5) is 26.0. The molecule has 0 saturated heterocycles. The monoisotopic (exact) mass is 457 g/mol. The molecule has 0 radical (unpaired) electrons. The highest BCUT2D eigenvalue weighted by Gasteiger charge is 2.18. The average molecular weight is 459 g/mol. The molecule has 4 aromatic rings. The first kappa shape index (κ1) is 20.4. The van der Waals surface area contributed by atoms with E-state index in [1.54, 1.807) is 24.3 Å². The molecule has 3 aromatic carbocycles. The number of carbonyl (C=O) groups is 1. The molecule has 0 fully saturated rings. The van der Waals surface area contributed by atoms with E-state index in [4.69, 9.17) is 34.8 Å². The molecule has 0 spiro atoms. The van der Waals surface area contributed by atoms with Gasteiger partial charge in [-0.2, -0.15) is 5.10 Å². The first-order valence-corrected chi connectivity index (χ1v) is 10.1. The first-order valence-electron chi connectivity index (χ1n) is 8.93. The van der Waals surface area contributed by atoms with Gasteiger partial charge in [-0.1, -0.05) is 83.3 Å². The van der Waals surface area contributed by atoms with Crippen LogP contribution in [0.2, 0.25) is 15.1 Å². The van der Waals surface area contributed by atoms with Crippen LogP contribution in [0.4, 0.5) is 5.69 Å². The zero-order valence-electron chi connectivity index (χ0n) is 15.4. The van der Waals surface area contributed by atoms with Crippen molar-refractivity contribution in [2.45, 2.75) is 6.54 Å². The lowest BCUT2D eigenvalue weighted by Crippen LogP contribution is -2.28. The third-order valence-corrected chi connectivity index (χ3v) is 5.55. The normalized spacial score (nSPS) is 10.9. The fourth-order valence-electron chi connectivity index (χ4n) is 3.07. The zero-order valence-corrected chi connectivity index (χ0v) is 17.7. The number of anilines is 1. The number of hydrogen-bond acceptors (Lipinski definition) is 3. The largest absolute Gasteiger partial charge is 0.319 e. The van der Waals surface area contributed by atoms with E-state index in [1.807, 2.05) is 30.3 Å². The Morgan fingerprint density at radius 1 is 0.867 bits per heavy atom. The smallest absolute Gasteiger partial charge is 0.276 e. The van der Waals surface area contributed by atoms with E-state index in [9.17, 15) is 9.59 Å². The SMILES string of the molecule is O=C(Nc1cc(Cl)c(Cl)cc1Cl)c1nn(Cc2ccccc2)c(=O)c2ccccc12. The van der Waals surface area contributed by atoms with Gasteiger partial charge in [0, 0.05) is 5.39 Å². The van der Waals surface area contributed by atoms with Crippen LogP contribution in [0, 0.1) is 0 Å². The van der Waals surface area contributed by atoms with Crippen LogP contribution in [0.15, 0.2) is 71.5 Å². The van der Waals surface area contributed by atoms with Gasteiger partial charge < -0.3 is 5.32 Å². The molecule has 0 atom stereocenters. The number of amides is 1. The summed E-state index contributed by atoms with van der Waals surface area (Å²) in [7, 11) is 0. The summed E-state index contributed by atoms with van der Waals surface area (Å²) in [6.07, 6.45) is 0. The van der Waals surface area contributed by atoms with E-state index >= 15 is 0 Å². The molecule has 0 aliphatic rings. The van der Waals surface area contributed by atoms with Gasteiger partial charge >= 0.3 is 0 Å². The summed E-state index contributed by atoms with van der Waals surface area (Å²) in [6.45, 7) is 0.234. The van der Waals surface area contributed by atoms with Crippen LogP contribution >= 0.6 is 34.8 Å². The zero-order chi connectivity index (χ0) is 21.3. The fraction of sp³-hybridized carbons (Fsp3) is 0.0455. The van der Waals surface area contributed by atoms with E-state index in [0.29, 0.717) is 16.5 Å². The van der Waals surface area contributed by atoms with Crippen molar-refractivity contribution in [2.75, 3.05) is 5.32 Å². The van der Waals surface area contributed by atoms with Crippen LogP contribution in [-0.4, -0.2) is 15.7 Å². The Labute approximate surface area is 186 Å². The van der Waals surface area contributed by atoms with Gasteiger partial charge in [0.2, 0.25) is 0 Å². The number of carbonyl (C=O) groups excluding carboxylic acids is 1. The van der Waals surface area contributed by atoms with Crippen molar-refractivity contribution < 1.29 is 4.79 Å². The summed E-state index contributed by atoms with van der Waals surface area (Å²) >= 11 is 18.2. The van der Waals surface area contributed by atoms with Gasteiger partial charge in [0.15, 0.2) is 5.69 Å². The van der Waals surface area contributed by atoms with Crippen LogP contribution in [0.3, 0.4) is 0 Å². The van der Waals surface area contributed by atoms with Crippen LogP contribution in [-0.2, 0) is 6.54 Å². The molecule has 1 N–H and O–H groups in total. The third kappa shape index (κ3) is 4.05. The van der Waals surface area contributed by atoms with Gasteiger partial charge in [0.05, 0.1) is 32.7 Å². The number of halogens is 3. The van der Waals surface area contributed by atoms with E-state index < -0.39 is 5.91 Å². The van der Waals surface area contributed by atoms with Gasteiger partial charge in [0.1, 0.15) is 0 Å². The molecular formula is C22H14Cl3N3O2. The molecule has 0 bridgehead atoms. The van der Waals surface area contributed by atoms with Crippen molar-refractivity contribution in [3.63, 3.8) is 0 Å². The van der Waals surface area contributed by atoms with Crippen molar-refractivity contribution >= 4 is 57.2 Å². The van der Waals surface area contributed by atoms with Crippen LogP contribution in [0.1, 0.15) is 16.1 Å². The number of rotatable bonds is 4. The summed E-state index contributed by atoms with van der Waals surface area (Å²) in [5.41, 5.74) is 1.01. The highest BCUT2D eigenvalue weighted by molar-refractivity contribution is 6.44. The highest BCUT2D eigenvalue weighted by Crippen LogP contribution is 2.32. The maximum atomic E-state index is 13.1. The van der Waals surface area contributed by atoms with Gasteiger partial charge in [-0.15, -0.1) is 0 Å². The Balaban J connectivity index is 1.79. The van der Waals surface area contributed by atoms with Gasteiger partial charge in [-0.3, -0.25) is 9.59 Å². The van der Waals surface area contributed by atoms with Crippen molar-refractivity contribution in [2.24, 2.45) is 0 Å². The summed E-state index contributed by atoms with van der Waals surface area (Å²) in [5, 5.41) is 8.67. The predicted octanol–water partition coefficient (Wildman–Crippen LogP) is 5.66. The minimum Gasteiger partial charge on any atom is -0.319 e. The minimum absolute atomic E-state index is 0.100.